The van der Waals surface area contributed by atoms with Gasteiger partial charge in [0, 0.05) is 32.2 Å². The third kappa shape index (κ3) is 8.47. The average Bonchev–Trinajstić information content (AvgIpc) is 2.72. The number of rotatable bonds is 8. The van der Waals surface area contributed by atoms with Gasteiger partial charge in [0.2, 0.25) is 0 Å². The smallest absolute Gasteiger partial charge is 0.337 e. The molecule has 0 spiro atoms. The first-order valence-electron chi connectivity index (χ1n) is 10.1. The van der Waals surface area contributed by atoms with Gasteiger partial charge in [0.1, 0.15) is 0 Å². The SMILES string of the molecule is CCNC(=NCc1ccc(C(=O)OC)cc1)NCC(C(C)C)N1CCOCC1.I. The number of benzene rings is 1. The van der Waals surface area contributed by atoms with Crippen LogP contribution in [0.25, 0.3) is 0 Å². The van der Waals surface area contributed by atoms with Crippen molar-refractivity contribution in [2.45, 2.75) is 33.4 Å². The summed E-state index contributed by atoms with van der Waals surface area (Å²) in [6.07, 6.45) is 0. The van der Waals surface area contributed by atoms with Gasteiger partial charge in [0.15, 0.2) is 5.96 Å². The van der Waals surface area contributed by atoms with Crippen molar-refractivity contribution in [3.05, 3.63) is 35.4 Å². The molecular formula is C21H35IN4O3. The Morgan fingerprint density at radius 1 is 1.21 bits per heavy atom. The molecule has 0 radical (unpaired) electrons. The molecule has 8 heteroatoms. The second-order valence-corrected chi connectivity index (χ2v) is 7.22. The van der Waals surface area contributed by atoms with Crippen LogP contribution in [-0.4, -0.2) is 69.4 Å². The van der Waals surface area contributed by atoms with Gasteiger partial charge < -0.3 is 20.1 Å². The molecule has 1 fully saturated rings. The van der Waals surface area contributed by atoms with Crippen molar-refractivity contribution in [3.8, 4) is 0 Å². The normalized spacial score (nSPS) is 16.1. The fourth-order valence-electron chi connectivity index (χ4n) is 3.27. The fraction of sp³-hybridized carbons (Fsp3) is 0.619. The molecule has 1 aliphatic rings. The molecule has 29 heavy (non-hydrogen) atoms. The summed E-state index contributed by atoms with van der Waals surface area (Å²) >= 11 is 0. The van der Waals surface area contributed by atoms with Crippen LogP contribution in [0.4, 0.5) is 0 Å². The number of halogens is 1. The van der Waals surface area contributed by atoms with Crippen molar-refractivity contribution in [3.63, 3.8) is 0 Å². The van der Waals surface area contributed by atoms with Crippen LogP contribution in [-0.2, 0) is 16.0 Å². The first kappa shape index (κ1) is 25.6. The van der Waals surface area contributed by atoms with Crippen molar-refractivity contribution in [1.82, 2.24) is 15.5 Å². The number of hydrogen-bond acceptors (Lipinski definition) is 5. The van der Waals surface area contributed by atoms with Crippen LogP contribution in [0, 0.1) is 5.92 Å². The van der Waals surface area contributed by atoms with Crippen molar-refractivity contribution < 1.29 is 14.3 Å². The van der Waals surface area contributed by atoms with Crippen LogP contribution in [0.15, 0.2) is 29.3 Å². The first-order valence-corrected chi connectivity index (χ1v) is 10.1. The standard InChI is InChI=1S/C21H34N4O3.HI/c1-5-22-21(23-14-17-6-8-18(9-7-17)20(26)27-4)24-15-19(16(2)3)25-10-12-28-13-11-25;/h6-9,16,19H,5,10-15H2,1-4H3,(H2,22,23,24);1H. The predicted molar refractivity (Wildman–Crippen MR) is 127 cm³/mol. The summed E-state index contributed by atoms with van der Waals surface area (Å²) in [7, 11) is 1.39. The van der Waals surface area contributed by atoms with E-state index in [-0.39, 0.29) is 29.9 Å². The summed E-state index contributed by atoms with van der Waals surface area (Å²) in [4.78, 5) is 18.7. The highest BCUT2D eigenvalue weighted by molar-refractivity contribution is 14.0. The Labute approximate surface area is 191 Å². The number of morpholine rings is 1. The molecule has 1 unspecified atom stereocenters. The van der Waals surface area contributed by atoms with Gasteiger partial charge in [-0.25, -0.2) is 9.79 Å². The molecule has 0 aliphatic carbocycles. The highest BCUT2D eigenvalue weighted by Crippen LogP contribution is 2.12. The maximum absolute atomic E-state index is 11.5. The van der Waals surface area contributed by atoms with Crippen LogP contribution in [0.5, 0.6) is 0 Å². The number of guanidine groups is 1. The third-order valence-corrected chi connectivity index (χ3v) is 4.90. The molecule has 1 aromatic carbocycles. The monoisotopic (exact) mass is 518 g/mol. The molecule has 0 amide bonds. The summed E-state index contributed by atoms with van der Waals surface area (Å²) < 4.78 is 10.2. The molecule has 0 aromatic heterocycles. The van der Waals surface area contributed by atoms with Gasteiger partial charge in [-0.2, -0.15) is 0 Å². The number of nitrogens with one attached hydrogen (secondary N) is 2. The van der Waals surface area contributed by atoms with E-state index in [2.05, 4.69) is 41.3 Å². The number of carbonyl (C=O) groups excluding carboxylic acids is 1. The number of aliphatic imine (C=N–C) groups is 1. The molecular weight excluding hydrogens is 483 g/mol. The van der Waals surface area contributed by atoms with Gasteiger partial charge in [-0.1, -0.05) is 26.0 Å². The Morgan fingerprint density at radius 3 is 2.41 bits per heavy atom. The van der Waals surface area contributed by atoms with Crippen LogP contribution in [0.1, 0.15) is 36.7 Å². The zero-order valence-corrected chi connectivity index (χ0v) is 20.3. The van der Waals surface area contributed by atoms with Crippen molar-refractivity contribution >= 4 is 35.9 Å². The third-order valence-electron chi connectivity index (χ3n) is 4.90. The largest absolute Gasteiger partial charge is 0.465 e. The van der Waals surface area contributed by atoms with Gasteiger partial charge >= 0.3 is 5.97 Å². The summed E-state index contributed by atoms with van der Waals surface area (Å²) in [6, 6.07) is 7.79. The molecule has 1 atom stereocenters. The van der Waals surface area contributed by atoms with Crippen molar-refractivity contribution in [2.24, 2.45) is 10.9 Å². The summed E-state index contributed by atoms with van der Waals surface area (Å²) in [5.74, 6) is 1.02. The number of nitrogens with zero attached hydrogens (tertiary/aromatic N) is 2. The van der Waals surface area contributed by atoms with Crippen LogP contribution >= 0.6 is 24.0 Å². The van der Waals surface area contributed by atoms with Crippen LogP contribution < -0.4 is 10.6 Å². The van der Waals surface area contributed by atoms with Crippen molar-refractivity contribution in [2.75, 3.05) is 46.5 Å². The minimum atomic E-state index is -0.326. The zero-order valence-electron chi connectivity index (χ0n) is 17.9. The first-order chi connectivity index (χ1) is 13.5. The van der Waals surface area contributed by atoms with Crippen LogP contribution in [0.2, 0.25) is 0 Å². The molecule has 1 heterocycles. The lowest BCUT2D eigenvalue weighted by Crippen LogP contribution is -2.52. The summed E-state index contributed by atoms with van der Waals surface area (Å²) in [5, 5.41) is 6.80. The maximum Gasteiger partial charge on any atom is 0.337 e. The lowest BCUT2D eigenvalue weighted by molar-refractivity contribution is 0.00752. The van der Waals surface area contributed by atoms with Gasteiger partial charge in [0.25, 0.3) is 0 Å². The van der Waals surface area contributed by atoms with E-state index in [0.717, 1.165) is 50.9 Å². The molecule has 0 saturated carbocycles. The van der Waals surface area contributed by atoms with Gasteiger partial charge in [-0.3, -0.25) is 4.90 Å². The molecule has 2 rings (SSSR count). The molecule has 1 saturated heterocycles. The maximum atomic E-state index is 11.5. The Kier molecular flexibility index (Phi) is 12.2. The van der Waals surface area contributed by atoms with Gasteiger partial charge in [0.05, 0.1) is 32.4 Å². The summed E-state index contributed by atoms with van der Waals surface area (Å²) in [6.45, 7) is 12.3. The molecule has 1 aliphatic heterocycles. The van der Waals surface area contributed by atoms with E-state index in [9.17, 15) is 4.79 Å². The number of esters is 1. The molecule has 164 valence electrons. The van der Waals surface area contributed by atoms with Crippen LogP contribution in [0.3, 0.4) is 0 Å². The lowest BCUT2D eigenvalue weighted by Gasteiger charge is -2.37. The highest BCUT2D eigenvalue weighted by Gasteiger charge is 2.23. The predicted octanol–water partition coefficient (Wildman–Crippen LogP) is 2.50. The zero-order chi connectivity index (χ0) is 20.4. The quantitative estimate of drug-likeness (QED) is 0.239. The van der Waals surface area contributed by atoms with E-state index < -0.39 is 0 Å². The Hall–Kier alpha value is -1.39. The van der Waals surface area contributed by atoms with Crippen molar-refractivity contribution in [1.29, 1.82) is 0 Å². The van der Waals surface area contributed by atoms with E-state index in [1.165, 1.54) is 7.11 Å². The highest BCUT2D eigenvalue weighted by atomic mass is 127. The second-order valence-electron chi connectivity index (χ2n) is 7.22. The van der Waals surface area contributed by atoms with E-state index in [4.69, 9.17) is 9.47 Å². The number of ether oxygens (including phenoxy) is 2. The Bertz CT molecular complexity index is 631. The molecule has 2 N–H and O–H groups in total. The minimum absolute atomic E-state index is 0. The van der Waals surface area contributed by atoms with E-state index >= 15 is 0 Å². The molecule has 7 nitrogen and oxygen atoms in total. The number of methoxy groups -OCH3 is 1. The number of carbonyl (C=O) groups is 1. The van der Waals surface area contributed by atoms with E-state index in [0.29, 0.717) is 24.1 Å². The fourth-order valence-corrected chi connectivity index (χ4v) is 3.27. The van der Waals surface area contributed by atoms with E-state index in [1.54, 1.807) is 12.1 Å². The average molecular weight is 518 g/mol. The number of hydrogen-bond donors (Lipinski definition) is 2. The lowest BCUT2D eigenvalue weighted by atomic mass is 10.0. The summed E-state index contributed by atoms with van der Waals surface area (Å²) in [5.41, 5.74) is 1.59. The van der Waals surface area contributed by atoms with Gasteiger partial charge in [-0.05, 0) is 30.5 Å². The minimum Gasteiger partial charge on any atom is -0.465 e. The van der Waals surface area contributed by atoms with Gasteiger partial charge in [-0.15, -0.1) is 24.0 Å². The topological polar surface area (TPSA) is 75.2 Å². The molecule has 1 aromatic rings. The molecule has 0 bridgehead atoms. The Balaban J connectivity index is 0.00000420. The van der Waals surface area contributed by atoms with E-state index in [1.807, 2.05) is 12.1 Å². The Morgan fingerprint density at radius 2 is 1.86 bits per heavy atom. The second kappa shape index (κ2) is 13.8.